The standard InChI is InChI=1S/C17H27N3O/c1-3-10-19-15-7-11-18-12-14(15)16(21)20-13-17(4-2)8-5-6-9-17/h7,11-12H,3-6,8-10,13H2,1-2H3,(H,18,19)(H,20,21). The second-order valence-corrected chi connectivity index (χ2v) is 6.09. The number of carbonyl (C=O) groups is 1. The van der Waals surface area contributed by atoms with Gasteiger partial charge in [-0.2, -0.15) is 0 Å². The first-order valence-electron chi connectivity index (χ1n) is 8.17. The number of anilines is 1. The number of nitrogens with one attached hydrogen (secondary N) is 2. The van der Waals surface area contributed by atoms with E-state index in [-0.39, 0.29) is 5.91 Å². The molecule has 1 amide bonds. The van der Waals surface area contributed by atoms with Crippen LogP contribution in [0.5, 0.6) is 0 Å². The Balaban J connectivity index is 2.00. The Morgan fingerprint density at radius 1 is 1.33 bits per heavy atom. The number of rotatable bonds is 7. The summed E-state index contributed by atoms with van der Waals surface area (Å²) in [6.45, 7) is 5.99. The summed E-state index contributed by atoms with van der Waals surface area (Å²) in [7, 11) is 0. The van der Waals surface area contributed by atoms with Crippen molar-refractivity contribution in [2.75, 3.05) is 18.4 Å². The lowest BCUT2D eigenvalue weighted by atomic mass is 9.83. The van der Waals surface area contributed by atoms with Gasteiger partial charge in [0.05, 0.1) is 11.3 Å². The van der Waals surface area contributed by atoms with Crippen molar-refractivity contribution >= 4 is 11.6 Å². The molecule has 1 aromatic rings. The fourth-order valence-corrected chi connectivity index (χ4v) is 3.13. The van der Waals surface area contributed by atoms with Gasteiger partial charge in [0.1, 0.15) is 0 Å². The molecular weight excluding hydrogens is 262 g/mol. The van der Waals surface area contributed by atoms with Crippen LogP contribution in [0.3, 0.4) is 0 Å². The molecule has 0 unspecified atom stereocenters. The van der Waals surface area contributed by atoms with E-state index in [1.807, 2.05) is 6.07 Å². The lowest BCUT2D eigenvalue weighted by molar-refractivity contribution is 0.0929. The summed E-state index contributed by atoms with van der Waals surface area (Å²) in [5.74, 6) is -0.0126. The molecule has 1 aromatic heterocycles. The molecule has 1 heterocycles. The van der Waals surface area contributed by atoms with Gasteiger partial charge in [-0.1, -0.05) is 26.7 Å². The van der Waals surface area contributed by atoms with Gasteiger partial charge in [-0.3, -0.25) is 9.78 Å². The molecule has 4 heteroatoms. The highest BCUT2D eigenvalue weighted by Crippen LogP contribution is 2.40. The molecule has 1 aliphatic rings. The third-order valence-corrected chi connectivity index (χ3v) is 4.67. The number of pyridine rings is 1. The molecule has 1 aliphatic carbocycles. The van der Waals surface area contributed by atoms with Crippen LogP contribution in [0.4, 0.5) is 5.69 Å². The van der Waals surface area contributed by atoms with Gasteiger partial charge in [0.25, 0.3) is 5.91 Å². The quantitative estimate of drug-likeness (QED) is 0.806. The molecular formula is C17H27N3O. The van der Waals surface area contributed by atoms with Crippen LogP contribution in [0, 0.1) is 5.41 Å². The van der Waals surface area contributed by atoms with E-state index in [4.69, 9.17) is 0 Å². The average Bonchev–Trinajstić information content (AvgIpc) is 3.00. The molecule has 0 saturated heterocycles. The van der Waals surface area contributed by atoms with Crippen molar-refractivity contribution < 1.29 is 4.79 Å². The first-order valence-corrected chi connectivity index (χ1v) is 8.17. The minimum absolute atomic E-state index is 0.0126. The van der Waals surface area contributed by atoms with E-state index >= 15 is 0 Å². The monoisotopic (exact) mass is 289 g/mol. The Morgan fingerprint density at radius 2 is 2.10 bits per heavy atom. The predicted molar refractivity (Wildman–Crippen MR) is 86.5 cm³/mol. The molecule has 0 spiro atoms. The molecule has 0 aromatic carbocycles. The number of carbonyl (C=O) groups excluding carboxylic acids is 1. The molecule has 0 aliphatic heterocycles. The number of amides is 1. The molecule has 116 valence electrons. The summed E-state index contributed by atoms with van der Waals surface area (Å²) in [4.78, 5) is 16.5. The van der Waals surface area contributed by atoms with Crippen molar-refractivity contribution in [2.45, 2.75) is 52.4 Å². The van der Waals surface area contributed by atoms with E-state index in [0.717, 1.165) is 31.6 Å². The first kappa shape index (κ1) is 15.8. The van der Waals surface area contributed by atoms with E-state index in [2.05, 4.69) is 29.5 Å². The van der Waals surface area contributed by atoms with Crippen LogP contribution < -0.4 is 10.6 Å². The summed E-state index contributed by atoms with van der Waals surface area (Å²) >= 11 is 0. The second-order valence-electron chi connectivity index (χ2n) is 6.09. The van der Waals surface area contributed by atoms with Gasteiger partial charge in [-0.15, -0.1) is 0 Å². The van der Waals surface area contributed by atoms with Crippen LogP contribution in [0.15, 0.2) is 18.5 Å². The van der Waals surface area contributed by atoms with Gasteiger partial charge in [0.2, 0.25) is 0 Å². The molecule has 2 rings (SSSR count). The minimum atomic E-state index is -0.0126. The topological polar surface area (TPSA) is 54.0 Å². The van der Waals surface area contributed by atoms with Gasteiger partial charge in [-0.25, -0.2) is 0 Å². The van der Waals surface area contributed by atoms with E-state index in [9.17, 15) is 4.79 Å². The van der Waals surface area contributed by atoms with Gasteiger partial charge in [0, 0.05) is 25.5 Å². The fourth-order valence-electron chi connectivity index (χ4n) is 3.13. The minimum Gasteiger partial charge on any atom is -0.384 e. The maximum atomic E-state index is 12.5. The van der Waals surface area contributed by atoms with Gasteiger partial charge < -0.3 is 10.6 Å². The molecule has 4 nitrogen and oxygen atoms in total. The Bertz CT molecular complexity index is 467. The Morgan fingerprint density at radius 3 is 2.76 bits per heavy atom. The number of nitrogens with zero attached hydrogens (tertiary/aromatic N) is 1. The average molecular weight is 289 g/mol. The smallest absolute Gasteiger partial charge is 0.254 e. The lowest BCUT2D eigenvalue weighted by Gasteiger charge is -2.27. The number of aromatic nitrogens is 1. The molecule has 0 atom stereocenters. The van der Waals surface area contributed by atoms with Gasteiger partial charge >= 0.3 is 0 Å². The van der Waals surface area contributed by atoms with Crippen molar-refractivity contribution in [3.8, 4) is 0 Å². The third kappa shape index (κ3) is 3.96. The summed E-state index contributed by atoms with van der Waals surface area (Å²) in [6.07, 6.45) is 10.6. The molecule has 1 fully saturated rings. The lowest BCUT2D eigenvalue weighted by Crippen LogP contribution is -2.36. The number of hydrogen-bond acceptors (Lipinski definition) is 3. The largest absolute Gasteiger partial charge is 0.384 e. The van der Waals surface area contributed by atoms with Crippen molar-refractivity contribution in [1.82, 2.24) is 10.3 Å². The first-order chi connectivity index (χ1) is 10.2. The van der Waals surface area contributed by atoms with E-state index in [0.29, 0.717) is 11.0 Å². The Kier molecular flexibility index (Phi) is 5.59. The van der Waals surface area contributed by atoms with E-state index in [1.54, 1.807) is 12.4 Å². The normalized spacial score (nSPS) is 16.7. The van der Waals surface area contributed by atoms with Crippen molar-refractivity contribution in [1.29, 1.82) is 0 Å². The van der Waals surface area contributed by atoms with Gasteiger partial charge in [-0.05, 0) is 37.2 Å². The fraction of sp³-hybridized carbons (Fsp3) is 0.647. The van der Waals surface area contributed by atoms with Crippen molar-refractivity contribution in [2.24, 2.45) is 5.41 Å². The molecule has 21 heavy (non-hydrogen) atoms. The highest BCUT2D eigenvalue weighted by molar-refractivity contribution is 5.99. The molecule has 1 saturated carbocycles. The van der Waals surface area contributed by atoms with E-state index < -0.39 is 0 Å². The van der Waals surface area contributed by atoms with Crippen LogP contribution in [-0.4, -0.2) is 24.0 Å². The van der Waals surface area contributed by atoms with E-state index in [1.165, 1.54) is 25.7 Å². The van der Waals surface area contributed by atoms with Crippen molar-refractivity contribution in [3.05, 3.63) is 24.0 Å². The zero-order valence-electron chi connectivity index (χ0n) is 13.2. The SMILES string of the molecule is CCCNc1ccncc1C(=O)NCC1(CC)CCCC1. The second kappa shape index (κ2) is 7.43. The maximum absolute atomic E-state index is 12.5. The predicted octanol–water partition coefficient (Wildman–Crippen LogP) is 3.60. The number of hydrogen-bond donors (Lipinski definition) is 2. The third-order valence-electron chi connectivity index (χ3n) is 4.67. The zero-order valence-corrected chi connectivity index (χ0v) is 13.2. The highest BCUT2D eigenvalue weighted by atomic mass is 16.1. The van der Waals surface area contributed by atoms with Crippen LogP contribution >= 0.6 is 0 Å². The van der Waals surface area contributed by atoms with Crippen LogP contribution in [0.25, 0.3) is 0 Å². The summed E-state index contributed by atoms with van der Waals surface area (Å²) in [6, 6.07) is 1.87. The Hall–Kier alpha value is -1.58. The molecule has 0 bridgehead atoms. The summed E-state index contributed by atoms with van der Waals surface area (Å²) in [5, 5.41) is 6.42. The highest BCUT2D eigenvalue weighted by Gasteiger charge is 2.32. The Labute approximate surface area is 127 Å². The van der Waals surface area contributed by atoms with Crippen molar-refractivity contribution in [3.63, 3.8) is 0 Å². The van der Waals surface area contributed by atoms with Crippen LogP contribution in [0.2, 0.25) is 0 Å². The zero-order chi connectivity index (χ0) is 15.1. The van der Waals surface area contributed by atoms with Crippen LogP contribution in [-0.2, 0) is 0 Å². The molecule has 0 radical (unpaired) electrons. The summed E-state index contributed by atoms with van der Waals surface area (Å²) < 4.78 is 0. The maximum Gasteiger partial charge on any atom is 0.254 e. The summed E-state index contributed by atoms with van der Waals surface area (Å²) in [5.41, 5.74) is 1.84. The molecule has 2 N–H and O–H groups in total. The van der Waals surface area contributed by atoms with Crippen LogP contribution in [0.1, 0.15) is 62.7 Å². The van der Waals surface area contributed by atoms with Gasteiger partial charge in [0.15, 0.2) is 0 Å².